The van der Waals surface area contributed by atoms with Crippen LogP contribution in [0.2, 0.25) is 0 Å². The van der Waals surface area contributed by atoms with Gasteiger partial charge in [-0.3, -0.25) is 4.79 Å². The zero-order valence-corrected chi connectivity index (χ0v) is 20.7. The Morgan fingerprint density at radius 3 is 2.00 bits per heavy atom. The Hall–Kier alpha value is -4.19. The molecule has 0 amide bonds. The van der Waals surface area contributed by atoms with E-state index in [1.54, 1.807) is 59.8 Å². The van der Waals surface area contributed by atoms with Crippen LogP contribution in [0.15, 0.2) is 66.7 Å². The summed E-state index contributed by atoms with van der Waals surface area (Å²) in [6.07, 6.45) is 8.07. The molecule has 3 aromatic carbocycles. The van der Waals surface area contributed by atoms with Crippen LogP contribution in [0.25, 0.3) is 12.2 Å². The number of carbonyl (C=O) groups excluding carboxylic acids is 1. The molecule has 0 radical (unpaired) electrons. The van der Waals surface area contributed by atoms with E-state index in [-0.39, 0.29) is 5.78 Å². The lowest BCUT2D eigenvalue weighted by atomic mass is 10.0. The minimum absolute atomic E-state index is 0.101. The van der Waals surface area contributed by atoms with Crippen LogP contribution < -0.4 is 23.7 Å². The van der Waals surface area contributed by atoms with Gasteiger partial charge in [-0.15, -0.1) is 0 Å². The zero-order valence-electron chi connectivity index (χ0n) is 20.7. The third-order valence-electron chi connectivity index (χ3n) is 5.47. The second kappa shape index (κ2) is 12.3. The van der Waals surface area contributed by atoms with Crippen LogP contribution in [0, 0.1) is 0 Å². The maximum absolute atomic E-state index is 12.6. The molecule has 3 aromatic rings. The van der Waals surface area contributed by atoms with E-state index in [0.29, 0.717) is 40.7 Å². The van der Waals surface area contributed by atoms with Gasteiger partial charge in [-0.25, -0.2) is 0 Å². The van der Waals surface area contributed by atoms with Crippen LogP contribution in [0.5, 0.6) is 28.7 Å². The molecule has 0 unspecified atom stereocenters. The Morgan fingerprint density at radius 2 is 1.37 bits per heavy atom. The third-order valence-corrected chi connectivity index (χ3v) is 5.47. The van der Waals surface area contributed by atoms with Crippen LogP contribution in [0.4, 0.5) is 0 Å². The molecule has 0 aromatic heterocycles. The largest absolute Gasteiger partial charge is 0.493 e. The first-order valence-corrected chi connectivity index (χ1v) is 11.0. The van der Waals surface area contributed by atoms with Gasteiger partial charge in [0.05, 0.1) is 35.5 Å². The van der Waals surface area contributed by atoms with Gasteiger partial charge in [0.15, 0.2) is 28.8 Å². The highest BCUT2D eigenvalue weighted by Crippen LogP contribution is 2.38. The quantitative estimate of drug-likeness (QED) is 0.196. The second-order valence-electron chi connectivity index (χ2n) is 7.53. The van der Waals surface area contributed by atoms with E-state index < -0.39 is 0 Å². The number of carbonyl (C=O) groups is 1. The summed E-state index contributed by atoms with van der Waals surface area (Å²) in [5.41, 5.74) is 3.58. The summed E-state index contributed by atoms with van der Waals surface area (Å²) in [5, 5.41) is 0. The maximum atomic E-state index is 12.6. The highest BCUT2D eigenvalue weighted by Gasteiger charge is 2.12. The van der Waals surface area contributed by atoms with Crippen molar-refractivity contribution in [2.45, 2.75) is 6.42 Å². The number of ketones is 1. The summed E-state index contributed by atoms with van der Waals surface area (Å²) in [5.74, 6) is 2.75. The number of benzene rings is 3. The van der Waals surface area contributed by atoms with Gasteiger partial charge in [-0.1, -0.05) is 42.5 Å². The lowest BCUT2D eigenvalue weighted by Crippen LogP contribution is -1.98. The van der Waals surface area contributed by atoms with E-state index in [9.17, 15) is 4.79 Å². The molecule has 0 N–H and O–H groups in total. The molecule has 182 valence electrons. The van der Waals surface area contributed by atoms with Crippen molar-refractivity contribution in [3.8, 4) is 28.7 Å². The third kappa shape index (κ3) is 6.23. The fraction of sp³-hybridized carbons (Fsp3) is 0.207. The van der Waals surface area contributed by atoms with E-state index in [0.717, 1.165) is 16.7 Å². The Balaban J connectivity index is 1.77. The fourth-order valence-electron chi connectivity index (χ4n) is 3.64. The van der Waals surface area contributed by atoms with E-state index in [2.05, 4.69) is 0 Å². The van der Waals surface area contributed by atoms with Gasteiger partial charge in [0, 0.05) is 5.56 Å². The first-order valence-electron chi connectivity index (χ1n) is 11.0. The molecule has 6 nitrogen and oxygen atoms in total. The van der Waals surface area contributed by atoms with Crippen molar-refractivity contribution in [3.63, 3.8) is 0 Å². The van der Waals surface area contributed by atoms with Crippen LogP contribution in [0.1, 0.15) is 27.0 Å². The lowest BCUT2D eigenvalue weighted by Gasteiger charge is -2.13. The van der Waals surface area contributed by atoms with Crippen molar-refractivity contribution < 1.29 is 28.5 Å². The Bertz CT molecular complexity index is 1200. The molecule has 0 fully saturated rings. The van der Waals surface area contributed by atoms with Crippen LogP contribution in [-0.2, 0) is 6.42 Å². The fourth-order valence-corrected chi connectivity index (χ4v) is 3.64. The summed E-state index contributed by atoms with van der Waals surface area (Å²) in [7, 11) is 7.87. The van der Waals surface area contributed by atoms with Crippen molar-refractivity contribution in [3.05, 3.63) is 89.0 Å². The van der Waals surface area contributed by atoms with Crippen LogP contribution in [0.3, 0.4) is 0 Å². The number of ether oxygens (including phenoxy) is 5. The van der Waals surface area contributed by atoms with Crippen molar-refractivity contribution in [2.75, 3.05) is 35.5 Å². The molecule has 0 heterocycles. The topological polar surface area (TPSA) is 63.2 Å². The molecule has 0 aliphatic rings. The van der Waals surface area contributed by atoms with Gasteiger partial charge in [-0.05, 0) is 59.5 Å². The van der Waals surface area contributed by atoms with Gasteiger partial charge in [0.25, 0.3) is 0 Å². The average molecular weight is 475 g/mol. The van der Waals surface area contributed by atoms with Crippen molar-refractivity contribution in [1.82, 2.24) is 0 Å². The number of hydrogen-bond acceptors (Lipinski definition) is 6. The van der Waals surface area contributed by atoms with Crippen molar-refractivity contribution >= 4 is 17.9 Å². The number of methoxy groups -OCH3 is 5. The highest BCUT2D eigenvalue weighted by molar-refractivity contribution is 6.04. The molecule has 0 spiro atoms. The molecule has 6 heteroatoms. The normalized spacial score (nSPS) is 11.0. The molecule has 0 aliphatic carbocycles. The molecule has 0 saturated carbocycles. The van der Waals surface area contributed by atoms with Gasteiger partial charge < -0.3 is 23.7 Å². The number of hydrogen-bond donors (Lipinski definition) is 0. The van der Waals surface area contributed by atoms with Crippen molar-refractivity contribution in [2.24, 2.45) is 0 Å². The smallest absolute Gasteiger partial charge is 0.203 e. The SMILES string of the molecule is COc1ccc(C(=O)/C=C\Cc2ccccc2/C=C\c2cc(OC)c(OC)c(OC)c2)cc1OC. The monoisotopic (exact) mass is 474 g/mol. The Kier molecular flexibility index (Phi) is 8.95. The van der Waals surface area contributed by atoms with Gasteiger partial charge in [-0.2, -0.15) is 0 Å². The predicted molar refractivity (Wildman–Crippen MR) is 138 cm³/mol. The van der Waals surface area contributed by atoms with E-state index in [4.69, 9.17) is 23.7 Å². The molecule has 0 saturated heterocycles. The molecular weight excluding hydrogens is 444 g/mol. The Labute approximate surface area is 206 Å². The zero-order chi connectivity index (χ0) is 25.2. The molecule has 35 heavy (non-hydrogen) atoms. The van der Waals surface area contributed by atoms with Gasteiger partial charge in [0.1, 0.15) is 0 Å². The van der Waals surface area contributed by atoms with Gasteiger partial charge >= 0.3 is 0 Å². The lowest BCUT2D eigenvalue weighted by molar-refractivity contribution is 0.104. The summed E-state index contributed by atoms with van der Waals surface area (Å²) in [6, 6.07) is 17.0. The molecule has 3 rings (SSSR count). The standard InChI is InChI=1S/C29H30O6/c1-31-25-16-15-23(19-26(25)32-2)24(30)12-8-11-21-9-6-7-10-22(21)14-13-20-17-27(33-3)29(35-5)28(18-20)34-4/h6-10,12-19H,11H2,1-5H3/b12-8-,14-13-. The van der Waals surface area contributed by atoms with Crippen molar-refractivity contribution in [1.29, 1.82) is 0 Å². The minimum Gasteiger partial charge on any atom is -0.493 e. The first kappa shape index (κ1) is 25.4. The molecule has 0 bridgehead atoms. The minimum atomic E-state index is -0.101. The summed E-state index contributed by atoms with van der Waals surface area (Å²) in [4.78, 5) is 12.6. The summed E-state index contributed by atoms with van der Waals surface area (Å²) in [6.45, 7) is 0. The van der Waals surface area contributed by atoms with Gasteiger partial charge in [0.2, 0.25) is 5.75 Å². The second-order valence-corrected chi connectivity index (χ2v) is 7.53. The maximum Gasteiger partial charge on any atom is 0.203 e. The highest BCUT2D eigenvalue weighted by atomic mass is 16.5. The average Bonchev–Trinajstić information content (AvgIpc) is 2.91. The van der Waals surface area contributed by atoms with E-state index in [1.807, 2.05) is 54.6 Å². The number of rotatable bonds is 11. The summed E-state index contributed by atoms with van der Waals surface area (Å²) < 4.78 is 26.8. The summed E-state index contributed by atoms with van der Waals surface area (Å²) >= 11 is 0. The van der Waals surface area contributed by atoms with E-state index >= 15 is 0 Å². The molecular formula is C29H30O6. The molecule has 0 atom stereocenters. The Morgan fingerprint density at radius 1 is 0.714 bits per heavy atom. The van der Waals surface area contributed by atoms with Crippen LogP contribution in [-0.4, -0.2) is 41.3 Å². The predicted octanol–water partition coefficient (Wildman–Crippen LogP) is 5.88. The molecule has 0 aliphatic heterocycles. The van der Waals surface area contributed by atoms with E-state index in [1.165, 1.54) is 0 Å². The van der Waals surface area contributed by atoms with Crippen LogP contribution >= 0.6 is 0 Å². The number of allylic oxidation sites excluding steroid dienone is 2. The first-order chi connectivity index (χ1) is 17.0.